The molecule has 0 spiro atoms. The van der Waals surface area contributed by atoms with E-state index in [0.717, 1.165) is 9.87 Å². The number of carbonyl (C=O) groups excluding carboxylic acids is 2. The molecule has 3 rings (SSSR count). The van der Waals surface area contributed by atoms with E-state index >= 15 is 0 Å². The standard InChI is InChI=1S/C24H21N5O5S2/c1-34-23(31)19-6-4-17(5-7-19)21-16-35-24(27-21)28-22(30)18-8-10-20(11-9-18)36(32,33)29(14-2-12-25)15-3-13-26/h4-11,16H,2-3,14-15H2,1H3,(H,27,28,30). The number of amides is 1. The molecule has 12 heteroatoms. The van der Waals surface area contributed by atoms with Crippen molar-refractivity contribution >= 4 is 38.4 Å². The van der Waals surface area contributed by atoms with Gasteiger partial charge in [0.25, 0.3) is 5.91 Å². The van der Waals surface area contributed by atoms with Gasteiger partial charge in [-0.05, 0) is 36.4 Å². The Balaban J connectivity index is 1.70. The van der Waals surface area contributed by atoms with Gasteiger partial charge in [0.05, 0.1) is 35.4 Å². The smallest absolute Gasteiger partial charge is 0.337 e. The molecular weight excluding hydrogens is 502 g/mol. The molecule has 0 saturated carbocycles. The van der Waals surface area contributed by atoms with E-state index in [-0.39, 0.29) is 36.4 Å². The van der Waals surface area contributed by atoms with Gasteiger partial charge in [-0.25, -0.2) is 18.2 Å². The number of nitriles is 2. The Bertz CT molecular complexity index is 1400. The number of carbonyl (C=O) groups is 2. The van der Waals surface area contributed by atoms with Crippen LogP contribution in [0.5, 0.6) is 0 Å². The van der Waals surface area contributed by atoms with Gasteiger partial charge in [0.1, 0.15) is 0 Å². The van der Waals surface area contributed by atoms with E-state index < -0.39 is 21.9 Å². The molecule has 0 aliphatic heterocycles. The SMILES string of the molecule is COC(=O)c1ccc(-c2csc(NC(=O)c3ccc(S(=O)(=O)N(CCC#N)CCC#N)cc3)n2)cc1. The van der Waals surface area contributed by atoms with Gasteiger partial charge in [0.15, 0.2) is 5.13 Å². The number of rotatable bonds is 10. The summed E-state index contributed by atoms with van der Waals surface area (Å²) in [4.78, 5) is 28.6. The first kappa shape index (κ1) is 26.5. The third-order valence-electron chi connectivity index (χ3n) is 5.03. The molecule has 184 valence electrons. The molecule has 0 saturated heterocycles. The van der Waals surface area contributed by atoms with E-state index in [1.807, 2.05) is 12.1 Å². The Morgan fingerprint density at radius 2 is 1.58 bits per heavy atom. The van der Waals surface area contributed by atoms with E-state index in [1.54, 1.807) is 29.6 Å². The Labute approximate surface area is 212 Å². The maximum Gasteiger partial charge on any atom is 0.337 e. The first-order chi connectivity index (χ1) is 17.3. The molecule has 0 atom stereocenters. The van der Waals surface area contributed by atoms with Crippen molar-refractivity contribution in [1.29, 1.82) is 10.5 Å². The summed E-state index contributed by atoms with van der Waals surface area (Å²) < 4.78 is 31.6. The summed E-state index contributed by atoms with van der Waals surface area (Å²) in [5, 5.41) is 22.4. The number of ether oxygens (including phenoxy) is 1. The summed E-state index contributed by atoms with van der Waals surface area (Å²) in [6.45, 7) is -0.0545. The molecule has 0 aliphatic rings. The predicted octanol–water partition coefficient (Wildman–Crippen LogP) is 3.67. The van der Waals surface area contributed by atoms with Crippen LogP contribution in [0.1, 0.15) is 33.6 Å². The van der Waals surface area contributed by atoms with Gasteiger partial charge in [-0.1, -0.05) is 12.1 Å². The second kappa shape index (κ2) is 12.0. The Morgan fingerprint density at radius 1 is 1.00 bits per heavy atom. The molecule has 3 aromatic rings. The fourth-order valence-electron chi connectivity index (χ4n) is 3.16. The summed E-state index contributed by atoms with van der Waals surface area (Å²) in [6.07, 6.45) is -0.00720. The zero-order valence-corrected chi connectivity index (χ0v) is 20.8. The topological polar surface area (TPSA) is 153 Å². The van der Waals surface area contributed by atoms with Gasteiger partial charge in [-0.3, -0.25) is 10.1 Å². The number of hydrogen-bond donors (Lipinski definition) is 1. The van der Waals surface area contributed by atoms with E-state index in [4.69, 9.17) is 10.5 Å². The molecule has 0 radical (unpaired) electrons. The molecule has 1 amide bonds. The summed E-state index contributed by atoms with van der Waals surface area (Å²) in [5.74, 6) is -0.907. The average molecular weight is 524 g/mol. The molecule has 0 unspecified atom stereocenters. The number of aromatic nitrogens is 1. The largest absolute Gasteiger partial charge is 0.465 e. The molecule has 0 aliphatic carbocycles. The lowest BCUT2D eigenvalue weighted by Crippen LogP contribution is -2.32. The maximum atomic E-state index is 12.9. The van der Waals surface area contributed by atoms with Crippen molar-refractivity contribution in [2.24, 2.45) is 0 Å². The van der Waals surface area contributed by atoms with Crippen LogP contribution in [-0.4, -0.2) is 49.8 Å². The zero-order valence-electron chi connectivity index (χ0n) is 19.2. The number of benzene rings is 2. The second-order valence-corrected chi connectivity index (χ2v) is 10.1. The van der Waals surface area contributed by atoms with E-state index in [1.165, 1.54) is 42.7 Å². The Morgan fingerprint density at radius 3 is 2.14 bits per heavy atom. The number of sulfonamides is 1. The third-order valence-corrected chi connectivity index (χ3v) is 7.70. The van der Waals surface area contributed by atoms with Gasteiger partial charge in [0.2, 0.25) is 10.0 Å². The molecule has 10 nitrogen and oxygen atoms in total. The van der Waals surface area contributed by atoms with Crippen molar-refractivity contribution in [1.82, 2.24) is 9.29 Å². The number of anilines is 1. The van der Waals surface area contributed by atoms with Crippen LogP contribution in [0, 0.1) is 22.7 Å². The molecular formula is C24H21N5O5S2. The van der Waals surface area contributed by atoms with Gasteiger partial charge in [-0.2, -0.15) is 14.8 Å². The molecule has 1 heterocycles. The normalized spacial score (nSPS) is 10.9. The van der Waals surface area contributed by atoms with Crippen LogP contribution in [0.2, 0.25) is 0 Å². The number of nitrogens with one attached hydrogen (secondary N) is 1. The van der Waals surface area contributed by atoms with Crippen LogP contribution >= 0.6 is 11.3 Å². The highest BCUT2D eigenvalue weighted by Gasteiger charge is 2.24. The van der Waals surface area contributed by atoms with E-state index in [2.05, 4.69) is 15.0 Å². The fraction of sp³-hybridized carbons (Fsp3) is 0.208. The van der Waals surface area contributed by atoms with Crippen molar-refractivity contribution in [2.45, 2.75) is 17.7 Å². The van der Waals surface area contributed by atoms with Crippen molar-refractivity contribution in [2.75, 3.05) is 25.5 Å². The van der Waals surface area contributed by atoms with Gasteiger partial charge in [0, 0.05) is 42.4 Å². The maximum absolute atomic E-state index is 12.9. The van der Waals surface area contributed by atoms with Gasteiger partial charge >= 0.3 is 5.97 Å². The van der Waals surface area contributed by atoms with Crippen molar-refractivity contribution in [3.63, 3.8) is 0 Å². The van der Waals surface area contributed by atoms with Crippen molar-refractivity contribution in [3.8, 4) is 23.4 Å². The molecule has 36 heavy (non-hydrogen) atoms. The first-order valence-electron chi connectivity index (χ1n) is 10.6. The number of nitrogens with zero attached hydrogens (tertiary/aromatic N) is 4. The summed E-state index contributed by atoms with van der Waals surface area (Å²) in [5.41, 5.74) is 2.01. The first-order valence-corrected chi connectivity index (χ1v) is 12.9. The molecule has 1 N–H and O–H groups in total. The van der Waals surface area contributed by atoms with E-state index in [9.17, 15) is 18.0 Å². The Kier molecular flexibility index (Phi) is 8.86. The highest BCUT2D eigenvalue weighted by molar-refractivity contribution is 7.89. The molecule has 1 aromatic heterocycles. The molecule has 0 bridgehead atoms. The number of methoxy groups -OCH3 is 1. The summed E-state index contributed by atoms with van der Waals surface area (Å²) >= 11 is 1.22. The summed E-state index contributed by atoms with van der Waals surface area (Å²) in [6, 6.07) is 15.9. The van der Waals surface area contributed by atoms with Gasteiger partial charge < -0.3 is 4.74 Å². The van der Waals surface area contributed by atoms with Crippen LogP contribution < -0.4 is 5.32 Å². The highest BCUT2D eigenvalue weighted by Crippen LogP contribution is 2.26. The quantitative estimate of drug-likeness (QED) is 0.395. The van der Waals surface area contributed by atoms with Crippen LogP contribution in [-0.2, 0) is 14.8 Å². The lowest BCUT2D eigenvalue weighted by molar-refractivity contribution is 0.0600. The van der Waals surface area contributed by atoms with Crippen molar-refractivity contribution in [3.05, 3.63) is 65.0 Å². The van der Waals surface area contributed by atoms with Crippen LogP contribution in [0.15, 0.2) is 58.8 Å². The van der Waals surface area contributed by atoms with E-state index in [0.29, 0.717) is 16.4 Å². The second-order valence-electron chi connectivity index (χ2n) is 7.31. The van der Waals surface area contributed by atoms with Gasteiger partial charge in [-0.15, -0.1) is 11.3 Å². The number of thiazole rings is 1. The Hall–Kier alpha value is -4.10. The minimum Gasteiger partial charge on any atom is -0.465 e. The monoisotopic (exact) mass is 523 g/mol. The average Bonchev–Trinajstić information content (AvgIpc) is 3.36. The zero-order chi connectivity index (χ0) is 26.1. The minimum atomic E-state index is -3.92. The highest BCUT2D eigenvalue weighted by atomic mass is 32.2. The molecule has 0 fully saturated rings. The fourth-order valence-corrected chi connectivity index (χ4v) is 5.31. The lowest BCUT2D eigenvalue weighted by atomic mass is 10.1. The van der Waals surface area contributed by atoms with Crippen LogP contribution in [0.4, 0.5) is 5.13 Å². The lowest BCUT2D eigenvalue weighted by Gasteiger charge is -2.20. The summed E-state index contributed by atoms with van der Waals surface area (Å²) in [7, 11) is -2.62. The third kappa shape index (κ3) is 6.31. The minimum absolute atomic E-state index is 0.00360. The molecule has 2 aromatic carbocycles. The van der Waals surface area contributed by atoms with Crippen LogP contribution in [0.25, 0.3) is 11.3 Å². The predicted molar refractivity (Wildman–Crippen MR) is 133 cm³/mol. The van der Waals surface area contributed by atoms with Crippen LogP contribution in [0.3, 0.4) is 0 Å². The number of esters is 1. The number of hydrogen-bond acceptors (Lipinski definition) is 9. The van der Waals surface area contributed by atoms with Crippen molar-refractivity contribution < 1.29 is 22.7 Å².